The molecule has 3 atom stereocenters. The van der Waals surface area contributed by atoms with Crippen LogP contribution in [0.15, 0.2) is 18.5 Å². The zero-order valence-corrected chi connectivity index (χ0v) is 12.7. The maximum atomic E-state index is 12.9. The Morgan fingerprint density at radius 3 is 2.73 bits per heavy atom. The van der Waals surface area contributed by atoms with Gasteiger partial charge in [0, 0.05) is 51.1 Å². The van der Waals surface area contributed by atoms with Gasteiger partial charge in [0.2, 0.25) is 11.9 Å². The molecule has 0 unspecified atom stereocenters. The molecule has 0 aliphatic carbocycles. The summed E-state index contributed by atoms with van der Waals surface area (Å²) in [5, 5.41) is 0. The summed E-state index contributed by atoms with van der Waals surface area (Å²) in [6.45, 7) is 4.09. The summed E-state index contributed by atoms with van der Waals surface area (Å²) in [6, 6.07) is 1.81. The van der Waals surface area contributed by atoms with Crippen LogP contribution in [0.1, 0.15) is 19.3 Å². The van der Waals surface area contributed by atoms with Gasteiger partial charge in [-0.3, -0.25) is 4.79 Å². The smallest absolute Gasteiger partial charge is 0.227 e. The lowest BCUT2D eigenvalue weighted by atomic mass is 9.82. The van der Waals surface area contributed by atoms with Crippen molar-refractivity contribution in [2.75, 3.05) is 37.7 Å². The van der Waals surface area contributed by atoms with E-state index < -0.39 is 0 Å². The van der Waals surface area contributed by atoms with E-state index in [9.17, 15) is 4.79 Å². The summed E-state index contributed by atoms with van der Waals surface area (Å²) in [5.74, 6) is 1.38. The Morgan fingerprint density at radius 2 is 1.95 bits per heavy atom. The van der Waals surface area contributed by atoms with Crippen molar-refractivity contribution in [3.63, 3.8) is 0 Å². The predicted molar refractivity (Wildman–Crippen MR) is 81.4 cm³/mol. The summed E-state index contributed by atoms with van der Waals surface area (Å²) in [6.07, 6.45) is 6.90. The largest absolute Gasteiger partial charge is 0.376 e. The number of amides is 1. The SMILES string of the molecule is O=C([C@@H]1CN(c2ncccn2)C[C@H]2OCC[C@H]21)N1CCCC1. The van der Waals surface area contributed by atoms with E-state index in [0.717, 1.165) is 45.5 Å². The molecule has 3 fully saturated rings. The van der Waals surface area contributed by atoms with Crippen LogP contribution in [-0.4, -0.2) is 59.7 Å². The number of carbonyl (C=O) groups excluding carboxylic acids is 1. The Bertz CT molecular complexity index is 532. The molecule has 3 saturated heterocycles. The van der Waals surface area contributed by atoms with Crippen molar-refractivity contribution >= 4 is 11.9 Å². The van der Waals surface area contributed by atoms with E-state index in [1.54, 1.807) is 12.4 Å². The zero-order chi connectivity index (χ0) is 14.9. The van der Waals surface area contributed by atoms with E-state index in [2.05, 4.69) is 14.9 Å². The Labute approximate surface area is 130 Å². The monoisotopic (exact) mass is 302 g/mol. The molecule has 3 aliphatic heterocycles. The van der Waals surface area contributed by atoms with Crippen LogP contribution in [0.3, 0.4) is 0 Å². The molecule has 22 heavy (non-hydrogen) atoms. The first-order chi connectivity index (χ1) is 10.8. The highest BCUT2D eigenvalue weighted by Gasteiger charge is 2.45. The van der Waals surface area contributed by atoms with Gasteiger partial charge in [-0.25, -0.2) is 9.97 Å². The molecule has 1 aromatic rings. The molecule has 0 aromatic carbocycles. The van der Waals surface area contributed by atoms with Crippen LogP contribution in [-0.2, 0) is 9.53 Å². The number of nitrogens with zero attached hydrogens (tertiary/aromatic N) is 4. The Balaban J connectivity index is 1.57. The number of aromatic nitrogens is 2. The fourth-order valence-corrected chi connectivity index (χ4v) is 4.03. The van der Waals surface area contributed by atoms with Crippen molar-refractivity contribution in [2.24, 2.45) is 11.8 Å². The fraction of sp³-hybridized carbons (Fsp3) is 0.688. The lowest BCUT2D eigenvalue weighted by Gasteiger charge is -2.40. The summed E-state index contributed by atoms with van der Waals surface area (Å²) in [4.78, 5) is 25.8. The molecule has 4 rings (SSSR count). The molecule has 6 nitrogen and oxygen atoms in total. The van der Waals surface area contributed by atoms with E-state index in [1.165, 1.54) is 0 Å². The average Bonchev–Trinajstić information content (AvgIpc) is 3.25. The van der Waals surface area contributed by atoms with E-state index in [-0.39, 0.29) is 12.0 Å². The molecular weight excluding hydrogens is 280 g/mol. The predicted octanol–water partition coefficient (Wildman–Crippen LogP) is 0.940. The van der Waals surface area contributed by atoms with Crippen molar-refractivity contribution in [2.45, 2.75) is 25.4 Å². The summed E-state index contributed by atoms with van der Waals surface area (Å²) >= 11 is 0. The lowest BCUT2D eigenvalue weighted by molar-refractivity contribution is -0.137. The van der Waals surface area contributed by atoms with Crippen LogP contribution < -0.4 is 4.90 Å². The number of rotatable bonds is 2. The molecule has 0 N–H and O–H groups in total. The van der Waals surface area contributed by atoms with Gasteiger partial charge >= 0.3 is 0 Å². The molecule has 0 spiro atoms. The topological polar surface area (TPSA) is 58.6 Å². The summed E-state index contributed by atoms with van der Waals surface area (Å²) in [7, 11) is 0. The highest BCUT2D eigenvalue weighted by Crippen LogP contribution is 2.36. The quantitative estimate of drug-likeness (QED) is 0.814. The highest BCUT2D eigenvalue weighted by atomic mass is 16.5. The van der Waals surface area contributed by atoms with Gasteiger partial charge in [-0.1, -0.05) is 0 Å². The minimum Gasteiger partial charge on any atom is -0.376 e. The van der Waals surface area contributed by atoms with E-state index >= 15 is 0 Å². The van der Waals surface area contributed by atoms with Crippen LogP contribution in [0.5, 0.6) is 0 Å². The van der Waals surface area contributed by atoms with E-state index in [1.807, 2.05) is 11.0 Å². The van der Waals surface area contributed by atoms with Gasteiger partial charge in [0.05, 0.1) is 12.0 Å². The molecule has 0 radical (unpaired) electrons. The number of hydrogen-bond acceptors (Lipinski definition) is 5. The Kier molecular flexibility index (Phi) is 3.70. The average molecular weight is 302 g/mol. The summed E-state index contributed by atoms with van der Waals surface area (Å²) < 4.78 is 5.88. The third-order valence-electron chi connectivity index (χ3n) is 5.16. The van der Waals surface area contributed by atoms with Gasteiger partial charge in [0.25, 0.3) is 0 Å². The summed E-state index contributed by atoms with van der Waals surface area (Å²) in [5.41, 5.74) is 0. The number of likely N-dealkylation sites (tertiary alicyclic amines) is 1. The fourth-order valence-electron chi connectivity index (χ4n) is 4.03. The van der Waals surface area contributed by atoms with Crippen LogP contribution in [0, 0.1) is 11.8 Å². The standard InChI is InChI=1S/C16H22N4O2/c21-15(19-7-1-2-8-19)13-10-20(16-17-5-3-6-18-16)11-14-12(13)4-9-22-14/h3,5-6,12-14H,1-2,4,7-11H2/t12-,13+,14+/m0/s1. The minimum atomic E-state index is 0.0168. The van der Waals surface area contributed by atoms with E-state index in [4.69, 9.17) is 4.74 Å². The number of fused-ring (bicyclic) bond motifs is 1. The van der Waals surface area contributed by atoms with Crippen molar-refractivity contribution in [1.29, 1.82) is 0 Å². The van der Waals surface area contributed by atoms with Crippen molar-refractivity contribution in [1.82, 2.24) is 14.9 Å². The van der Waals surface area contributed by atoms with Crippen LogP contribution in [0.2, 0.25) is 0 Å². The minimum absolute atomic E-state index is 0.0168. The molecule has 1 aromatic heterocycles. The maximum absolute atomic E-state index is 12.9. The van der Waals surface area contributed by atoms with Gasteiger partial charge in [-0.2, -0.15) is 0 Å². The van der Waals surface area contributed by atoms with Crippen molar-refractivity contribution < 1.29 is 9.53 Å². The molecule has 3 aliphatic rings. The Hall–Kier alpha value is -1.69. The molecule has 0 saturated carbocycles. The second-order valence-electron chi connectivity index (χ2n) is 6.45. The number of anilines is 1. The lowest BCUT2D eigenvalue weighted by Crippen LogP contribution is -2.53. The van der Waals surface area contributed by atoms with Gasteiger partial charge in [-0.05, 0) is 25.3 Å². The third kappa shape index (κ3) is 2.45. The van der Waals surface area contributed by atoms with Crippen LogP contribution >= 0.6 is 0 Å². The van der Waals surface area contributed by atoms with Gasteiger partial charge in [-0.15, -0.1) is 0 Å². The molecule has 118 valence electrons. The number of carbonyl (C=O) groups is 1. The molecule has 1 amide bonds. The highest BCUT2D eigenvalue weighted by molar-refractivity contribution is 5.80. The van der Waals surface area contributed by atoms with Crippen molar-refractivity contribution in [3.05, 3.63) is 18.5 Å². The maximum Gasteiger partial charge on any atom is 0.227 e. The molecule has 0 bridgehead atoms. The Morgan fingerprint density at radius 1 is 1.18 bits per heavy atom. The molecule has 4 heterocycles. The second kappa shape index (κ2) is 5.83. The number of hydrogen-bond donors (Lipinski definition) is 0. The van der Waals surface area contributed by atoms with Crippen LogP contribution in [0.4, 0.5) is 5.95 Å². The second-order valence-corrected chi connectivity index (χ2v) is 6.45. The number of ether oxygens (including phenoxy) is 1. The normalized spacial score (nSPS) is 31.4. The molecule has 6 heteroatoms. The van der Waals surface area contributed by atoms with Crippen LogP contribution in [0.25, 0.3) is 0 Å². The first-order valence-electron chi connectivity index (χ1n) is 8.25. The third-order valence-corrected chi connectivity index (χ3v) is 5.16. The first-order valence-corrected chi connectivity index (χ1v) is 8.25. The van der Waals surface area contributed by atoms with Crippen molar-refractivity contribution in [3.8, 4) is 0 Å². The van der Waals surface area contributed by atoms with Gasteiger partial charge in [0.15, 0.2) is 0 Å². The first kappa shape index (κ1) is 13.9. The van der Waals surface area contributed by atoms with E-state index in [0.29, 0.717) is 24.3 Å². The van der Waals surface area contributed by atoms with Gasteiger partial charge in [0.1, 0.15) is 0 Å². The molecular formula is C16H22N4O2. The number of piperidine rings is 1. The van der Waals surface area contributed by atoms with Gasteiger partial charge < -0.3 is 14.5 Å². The zero-order valence-electron chi connectivity index (χ0n) is 12.7.